The van der Waals surface area contributed by atoms with Gasteiger partial charge in [-0.25, -0.2) is 4.39 Å². The number of nitrogens with zero attached hydrogens (tertiary/aromatic N) is 1. The zero-order chi connectivity index (χ0) is 13.6. The van der Waals surface area contributed by atoms with Gasteiger partial charge in [0.2, 0.25) is 0 Å². The van der Waals surface area contributed by atoms with Crippen LogP contribution < -0.4 is 10.2 Å². The maximum absolute atomic E-state index is 12.9. The number of benzene rings is 1. The highest BCUT2D eigenvalue weighted by Gasteiger charge is 2.08. The lowest BCUT2D eigenvalue weighted by atomic mass is 10.1. The normalized spacial score (nSPS) is 11.6. The van der Waals surface area contributed by atoms with Crippen molar-refractivity contribution in [3.63, 3.8) is 0 Å². The van der Waals surface area contributed by atoms with Crippen LogP contribution in [-0.2, 0) is 0 Å². The third-order valence-corrected chi connectivity index (χ3v) is 2.83. The molecule has 0 saturated heterocycles. The highest BCUT2D eigenvalue weighted by molar-refractivity contribution is 5.45. The Balaban J connectivity index is 2.40. The summed E-state index contributed by atoms with van der Waals surface area (Å²) in [7, 11) is 0. The standard InChI is InChI=1S/C15H25FN2/c1-5-18(12-6-11-17-15(2,3)4)14-9-7-13(16)8-10-14/h7-10,17H,5-6,11-12H2,1-4H3. The van der Waals surface area contributed by atoms with Gasteiger partial charge in [-0.15, -0.1) is 0 Å². The van der Waals surface area contributed by atoms with Crippen LogP contribution in [0, 0.1) is 5.82 Å². The Bertz CT molecular complexity index is 341. The third-order valence-electron chi connectivity index (χ3n) is 2.83. The molecule has 0 unspecified atom stereocenters. The van der Waals surface area contributed by atoms with E-state index in [4.69, 9.17) is 0 Å². The zero-order valence-electron chi connectivity index (χ0n) is 12.0. The van der Waals surface area contributed by atoms with Crippen molar-refractivity contribution in [1.82, 2.24) is 5.32 Å². The third kappa shape index (κ3) is 5.50. The van der Waals surface area contributed by atoms with Crippen LogP contribution in [0.15, 0.2) is 24.3 Å². The van der Waals surface area contributed by atoms with E-state index in [0.717, 1.165) is 31.7 Å². The van der Waals surface area contributed by atoms with Crippen molar-refractivity contribution in [1.29, 1.82) is 0 Å². The predicted molar refractivity (Wildman–Crippen MR) is 76.7 cm³/mol. The molecule has 2 nitrogen and oxygen atoms in total. The van der Waals surface area contributed by atoms with Crippen LogP contribution in [0.4, 0.5) is 10.1 Å². The van der Waals surface area contributed by atoms with Gasteiger partial charge in [-0.2, -0.15) is 0 Å². The predicted octanol–water partition coefficient (Wildman–Crippen LogP) is 3.43. The Morgan fingerprint density at radius 3 is 2.28 bits per heavy atom. The molecule has 1 rings (SSSR count). The first kappa shape index (κ1) is 15.0. The number of anilines is 1. The highest BCUT2D eigenvalue weighted by atomic mass is 19.1. The van der Waals surface area contributed by atoms with Crippen molar-refractivity contribution >= 4 is 5.69 Å². The number of halogens is 1. The van der Waals surface area contributed by atoms with Crippen LogP contribution in [-0.4, -0.2) is 25.2 Å². The Hall–Kier alpha value is -1.09. The van der Waals surface area contributed by atoms with Crippen molar-refractivity contribution in [2.24, 2.45) is 0 Å². The summed E-state index contributed by atoms with van der Waals surface area (Å²) in [6.07, 6.45) is 1.09. The van der Waals surface area contributed by atoms with Crippen molar-refractivity contribution in [3.05, 3.63) is 30.1 Å². The minimum Gasteiger partial charge on any atom is -0.372 e. The van der Waals surface area contributed by atoms with E-state index in [9.17, 15) is 4.39 Å². The molecule has 3 heteroatoms. The van der Waals surface area contributed by atoms with Gasteiger partial charge >= 0.3 is 0 Å². The minimum absolute atomic E-state index is 0.174. The molecule has 0 saturated carbocycles. The number of rotatable bonds is 6. The summed E-state index contributed by atoms with van der Waals surface area (Å²) < 4.78 is 12.9. The van der Waals surface area contributed by atoms with E-state index in [-0.39, 0.29) is 11.4 Å². The van der Waals surface area contributed by atoms with Crippen LogP contribution >= 0.6 is 0 Å². The summed E-state index contributed by atoms with van der Waals surface area (Å²) in [4.78, 5) is 2.27. The highest BCUT2D eigenvalue weighted by Crippen LogP contribution is 2.14. The number of nitrogens with one attached hydrogen (secondary N) is 1. The molecule has 0 heterocycles. The van der Waals surface area contributed by atoms with Gasteiger partial charge in [-0.05, 0) is 64.9 Å². The molecule has 0 spiro atoms. The summed E-state index contributed by atoms with van der Waals surface area (Å²) in [5, 5.41) is 3.48. The van der Waals surface area contributed by atoms with E-state index < -0.39 is 0 Å². The van der Waals surface area contributed by atoms with Crippen molar-refractivity contribution in [2.45, 2.75) is 39.7 Å². The SMILES string of the molecule is CCN(CCCNC(C)(C)C)c1ccc(F)cc1. The Labute approximate surface area is 110 Å². The van der Waals surface area contributed by atoms with Crippen molar-refractivity contribution in [3.8, 4) is 0 Å². The fraction of sp³-hybridized carbons (Fsp3) is 0.600. The van der Waals surface area contributed by atoms with Crippen molar-refractivity contribution in [2.75, 3.05) is 24.5 Å². The summed E-state index contributed by atoms with van der Waals surface area (Å²) in [6.45, 7) is 11.6. The molecule has 18 heavy (non-hydrogen) atoms. The first-order chi connectivity index (χ1) is 8.42. The van der Waals surface area contributed by atoms with Crippen LogP contribution in [0.5, 0.6) is 0 Å². The average Bonchev–Trinajstić information content (AvgIpc) is 2.29. The molecule has 0 radical (unpaired) electrons. The second kappa shape index (κ2) is 6.74. The zero-order valence-corrected chi connectivity index (χ0v) is 12.0. The molecule has 0 aromatic heterocycles. The number of hydrogen-bond donors (Lipinski definition) is 1. The first-order valence-corrected chi connectivity index (χ1v) is 6.68. The van der Waals surface area contributed by atoms with E-state index in [1.54, 1.807) is 0 Å². The van der Waals surface area contributed by atoms with Gasteiger partial charge in [-0.1, -0.05) is 0 Å². The summed E-state index contributed by atoms with van der Waals surface area (Å²) in [6, 6.07) is 6.73. The Kier molecular flexibility index (Phi) is 5.60. The molecular formula is C15H25FN2. The van der Waals surface area contributed by atoms with Crippen LogP contribution in [0.2, 0.25) is 0 Å². The largest absolute Gasteiger partial charge is 0.372 e. The molecular weight excluding hydrogens is 227 g/mol. The average molecular weight is 252 g/mol. The van der Waals surface area contributed by atoms with Gasteiger partial charge in [0.1, 0.15) is 5.82 Å². The lowest BCUT2D eigenvalue weighted by molar-refractivity contribution is 0.422. The van der Waals surface area contributed by atoms with E-state index >= 15 is 0 Å². The van der Waals surface area contributed by atoms with Gasteiger partial charge < -0.3 is 10.2 Å². The topological polar surface area (TPSA) is 15.3 Å². The molecule has 0 aliphatic carbocycles. The Morgan fingerprint density at radius 1 is 1.17 bits per heavy atom. The second-order valence-electron chi connectivity index (χ2n) is 5.59. The van der Waals surface area contributed by atoms with Gasteiger partial charge in [0.15, 0.2) is 0 Å². The summed E-state index contributed by atoms with van der Waals surface area (Å²) >= 11 is 0. The molecule has 0 aliphatic rings. The van der Waals surface area contributed by atoms with Crippen LogP contribution in [0.3, 0.4) is 0 Å². The van der Waals surface area contributed by atoms with Gasteiger partial charge in [0, 0.05) is 24.3 Å². The maximum atomic E-state index is 12.9. The van der Waals surface area contributed by atoms with E-state index in [1.807, 2.05) is 12.1 Å². The molecule has 1 aromatic carbocycles. The van der Waals surface area contributed by atoms with Crippen molar-refractivity contribution < 1.29 is 4.39 Å². The maximum Gasteiger partial charge on any atom is 0.123 e. The van der Waals surface area contributed by atoms with Gasteiger partial charge in [-0.3, -0.25) is 0 Å². The molecule has 102 valence electrons. The van der Waals surface area contributed by atoms with E-state index in [2.05, 4.69) is 37.9 Å². The molecule has 0 bridgehead atoms. The summed E-state index contributed by atoms with van der Waals surface area (Å²) in [5.41, 5.74) is 1.27. The van der Waals surface area contributed by atoms with E-state index in [0.29, 0.717) is 0 Å². The lowest BCUT2D eigenvalue weighted by Gasteiger charge is -2.25. The van der Waals surface area contributed by atoms with Gasteiger partial charge in [0.05, 0.1) is 0 Å². The molecule has 0 aliphatic heterocycles. The molecule has 1 aromatic rings. The number of hydrogen-bond acceptors (Lipinski definition) is 2. The quantitative estimate of drug-likeness (QED) is 0.780. The first-order valence-electron chi connectivity index (χ1n) is 6.68. The lowest BCUT2D eigenvalue weighted by Crippen LogP contribution is -2.37. The minimum atomic E-state index is -0.177. The van der Waals surface area contributed by atoms with Crippen LogP contribution in [0.1, 0.15) is 34.1 Å². The fourth-order valence-corrected chi connectivity index (χ4v) is 1.86. The second-order valence-corrected chi connectivity index (χ2v) is 5.59. The summed E-state index contributed by atoms with van der Waals surface area (Å²) in [5.74, 6) is -0.177. The van der Waals surface area contributed by atoms with E-state index in [1.165, 1.54) is 12.1 Å². The molecule has 1 N–H and O–H groups in total. The molecule has 0 amide bonds. The fourth-order valence-electron chi connectivity index (χ4n) is 1.86. The molecule has 0 atom stereocenters. The van der Waals surface area contributed by atoms with Crippen LogP contribution in [0.25, 0.3) is 0 Å². The Morgan fingerprint density at radius 2 is 1.78 bits per heavy atom. The molecule has 0 fully saturated rings. The monoisotopic (exact) mass is 252 g/mol. The van der Waals surface area contributed by atoms with Gasteiger partial charge in [0.25, 0.3) is 0 Å². The smallest absolute Gasteiger partial charge is 0.123 e.